The van der Waals surface area contributed by atoms with Crippen molar-refractivity contribution >= 4 is 17.8 Å². The molecule has 2 aromatic rings. The van der Waals surface area contributed by atoms with Crippen LogP contribution in [0.5, 0.6) is 5.88 Å². The summed E-state index contributed by atoms with van der Waals surface area (Å²) in [5, 5.41) is 5.20. The Morgan fingerprint density at radius 3 is 2.55 bits per heavy atom. The third-order valence-electron chi connectivity index (χ3n) is 3.65. The third kappa shape index (κ3) is 7.01. The molecular weight excluding hydrogens is 391 g/mol. The largest absolute Gasteiger partial charge is 0.468 e. The number of halogens is 3. The van der Waals surface area contributed by atoms with Crippen molar-refractivity contribution < 1.29 is 27.5 Å². The molecule has 0 fully saturated rings. The molecule has 2 aromatic heterocycles. The minimum Gasteiger partial charge on any atom is -0.468 e. The van der Waals surface area contributed by atoms with Gasteiger partial charge in [-0.1, -0.05) is 13.0 Å². The van der Waals surface area contributed by atoms with E-state index in [1.165, 1.54) is 24.4 Å². The lowest BCUT2D eigenvalue weighted by molar-refractivity contribution is -0.154. The van der Waals surface area contributed by atoms with Gasteiger partial charge in [-0.25, -0.2) is 15.0 Å². The Balaban J connectivity index is 2.04. The van der Waals surface area contributed by atoms with Crippen molar-refractivity contribution in [3.05, 3.63) is 41.3 Å². The van der Waals surface area contributed by atoms with E-state index in [0.29, 0.717) is 11.3 Å². The molecule has 0 aliphatic heterocycles. The number of amides is 2. The number of aromatic nitrogens is 3. The van der Waals surface area contributed by atoms with Crippen LogP contribution in [0.3, 0.4) is 0 Å². The normalized spacial score (nSPS) is 12.2. The van der Waals surface area contributed by atoms with Crippen LogP contribution in [0.15, 0.2) is 24.4 Å². The quantitative estimate of drug-likeness (QED) is 0.726. The molecule has 0 radical (unpaired) electrons. The molecule has 8 nitrogen and oxygen atoms in total. The molecule has 0 spiro atoms. The smallest absolute Gasteiger partial charge is 0.422 e. The van der Waals surface area contributed by atoms with E-state index in [1.54, 1.807) is 20.8 Å². The van der Waals surface area contributed by atoms with Crippen LogP contribution in [0.4, 0.5) is 19.1 Å². The Kier molecular flexibility index (Phi) is 7.08. The highest BCUT2D eigenvalue weighted by Crippen LogP contribution is 2.19. The van der Waals surface area contributed by atoms with Gasteiger partial charge in [0.15, 0.2) is 6.61 Å². The molecule has 0 saturated heterocycles. The second-order valence-electron chi connectivity index (χ2n) is 6.15. The fourth-order valence-electron chi connectivity index (χ4n) is 2.20. The van der Waals surface area contributed by atoms with Crippen molar-refractivity contribution in [1.29, 1.82) is 0 Å². The van der Waals surface area contributed by atoms with Gasteiger partial charge in [-0.05, 0) is 25.5 Å². The number of ether oxygens (including phenoxy) is 1. The predicted octanol–water partition coefficient (Wildman–Crippen LogP) is 2.96. The molecule has 0 aliphatic rings. The van der Waals surface area contributed by atoms with Gasteiger partial charge in [-0.2, -0.15) is 13.2 Å². The average Bonchev–Trinajstić information content (AvgIpc) is 2.65. The van der Waals surface area contributed by atoms with Gasteiger partial charge in [0.2, 0.25) is 17.7 Å². The minimum atomic E-state index is -4.45. The molecule has 0 aromatic carbocycles. The van der Waals surface area contributed by atoms with Crippen LogP contribution >= 0.6 is 0 Å². The Morgan fingerprint density at radius 2 is 1.97 bits per heavy atom. The summed E-state index contributed by atoms with van der Waals surface area (Å²) in [6.07, 6.45) is -2.90. The Morgan fingerprint density at radius 1 is 1.24 bits per heavy atom. The molecule has 2 N–H and O–H groups in total. The number of nitrogens with zero attached hydrogens (tertiary/aromatic N) is 3. The highest BCUT2D eigenvalue weighted by molar-refractivity contribution is 5.94. The van der Waals surface area contributed by atoms with Gasteiger partial charge in [0.05, 0.1) is 6.04 Å². The highest BCUT2D eigenvalue weighted by atomic mass is 19.4. The summed E-state index contributed by atoms with van der Waals surface area (Å²) in [7, 11) is 0. The van der Waals surface area contributed by atoms with Crippen molar-refractivity contribution in [2.24, 2.45) is 0 Å². The highest BCUT2D eigenvalue weighted by Gasteiger charge is 2.28. The molecule has 11 heteroatoms. The predicted molar refractivity (Wildman–Crippen MR) is 97.4 cm³/mol. The van der Waals surface area contributed by atoms with E-state index in [4.69, 9.17) is 0 Å². The Labute approximate surface area is 164 Å². The monoisotopic (exact) mass is 411 g/mol. The minimum absolute atomic E-state index is 0.0301. The number of pyridine rings is 1. The van der Waals surface area contributed by atoms with Gasteiger partial charge in [-0.3, -0.25) is 14.9 Å². The van der Waals surface area contributed by atoms with Crippen molar-refractivity contribution in [1.82, 2.24) is 20.3 Å². The fraction of sp³-hybridized carbons (Fsp3) is 0.389. The van der Waals surface area contributed by atoms with Gasteiger partial charge in [0.1, 0.15) is 5.69 Å². The van der Waals surface area contributed by atoms with Crippen molar-refractivity contribution in [2.75, 3.05) is 11.9 Å². The number of aryl methyl sites for hydroxylation is 1. The first-order chi connectivity index (χ1) is 13.6. The van der Waals surface area contributed by atoms with Crippen LogP contribution < -0.4 is 15.4 Å². The summed E-state index contributed by atoms with van der Waals surface area (Å²) in [6, 6.07) is 3.75. The van der Waals surface area contributed by atoms with Crippen molar-refractivity contribution in [3.8, 4) is 5.88 Å². The van der Waals surface area contributed by atoms with Crippen molar-refractivity contribution in [3.63, 3.8) is 0 Å². The fourth-order valence-corrected chi connectivity index (χ4v) is 2.20. The summed E-state index contributed by atoms with van der Waals surface area (Å²) < 4.78 is 41.0. The summed E-state index contributed by atoms with van der Waals surface area (Å²) >= 11 is 0. The maximum absolute atomic E-state index is 12.5. The lowest BCUT2D eigenvalue weighted by Crippen LogP contribution is -2.28. The number of carbonyl (C=O) groups excluding carboxylic acids is 2. The topological polar surface area (TPSA) is 106 Å². The Hall–Kier alpha value is -3.24. The van der Waals surface area contributed by atoms with Gasteiger partial charge in [0, 0.05) is 24.4 Å². The van der Waals surface area contributed by atoms with E-state index in [1.807, 2.05) is 0 Å². The van der Waals surface area contributed by atoms with Crippen LogP contribution in [0.1, 0.15) is 48.1 Å². The van der Waals surface area contributed by atoms with E-state index >= 15 is 0 Å². The lowest BCUT2D eigenvalue weighted by Gasteiger charge is -2.15. The first-order valence-electron chi connectivity index (χ1n) is 8.69. The molecule has 2 rings (SSSR count). The van der Waals surface area contributed by atoms with E-state index in [9.17, 15) is 22.8 Å². The molecule has 29 heavy (non-hydrogen) atoms. The number of hydrogen-bond acceptors (Lipinski definition) is 6. The van der Waals surface area contributed by atoms with Crippen LogP contribution in [0.25, 0.3) is 0 Å². The number of rotatable bonds is 7. The molecule has 1 unspecified atom stereocenters. The molecule has 0 aliphatic carbocycles. The van der Waals surface area contributed by atoms with Crippen molar-refractivity contribution in [2.45, 2.75) is 39.4 Å². The van der Waals surface area contributed by atoms with E-state index < -0.39 is 24.7 Å². The number of alkyl halides is 3. The number of hydrogen-bond donors (Lipinski definition) is 2. The van der Waals surface area contributed by atoms with Gasteiger partial charge in [0.25, 0.3) is 5.91 Å². The molecule has 0 saturated carbocycles. The molecule has 156 valence electrons. The zero-order valence-corrected chi connectivity index (χ0v) is 16.0. The second-order valence-corrected chi connectivity index (χ2v) is 6.15. The summed E-state index contributed by atoms with van der Waals surface area (Å²) in [5.41, 5.74) is 1.12. The standard InChI is InChI=1S/C18H20F3N5O3/c1-4-14(27)26-17-23-10(2)7-13(25-17)16(28)24-11(3)12-5-6-15(22-8-12)29-9-18(19,20)21/h5-8,11H,4,9H2,1-3H3,(H,24,28)(H,23,25,26,27). The van der Waals surface area contributed by atoms with Crippen LogP contribution in [-0.4, -0.2) is 39.5 Å². The van der Waals surface area contributed by atoms with Crippen LogP contribution in [0, 0.1) is 6.92 Å². The number of carbonyl (C=O) groups is 2. The second kappa shape index (κ2) is 9.30. The number of nitrogens with one attached hydrogen (secondary N) is 2. The molecule has 0 bridgehead atoms. The zero-order chi connectivity index (χ0) is 21.6. The van der Waals surface area contributed by atoms with E-state index in [2.05, 4.69) is 30.3 Å². The average molecular weight is 411 g/mol. The summed E-state index contributed by atoms with van der Waals surface area (Å²) in [6.45, 7) is 3.58. The van der Waals surface area contributed by atoms with Crippen LogP contribution in [-0.2, 0) is 4.79 Å². The summed E-state index contributed by atoms with van der Waals surface area (Å²) in [4.78, 5) is 35.9. The molecule has 2 heterocycles. The van der Waals surface area contributed by atoms with E-state index in [-0.39, 0.29) is 29.9 Å². The van der Waals surface area contributed by atoms with Gasteiger partial charge in [-0.15, -0.1) is 0 Å². The SMILES string of the molecule is CCC(=O)Nc1nc(C)cc(C(=O)NC(C)c2ccc(OCC(F)(F)F)nc2)n1. The summed E-state index contributed by atoms with van der Waals surface area (Å²) in [5.74, 6) is -0.934. The molecule has 1 atom stereocenters. The number of anilines is 1. The van der Waals surface area contributed by atoms with E-state index in [0.717, 1.165) is 0 Å². The van der Waals surface area contributed by atoms with Gasteiger partial charge < -0.3 is 10.1 Å². The van der Waals surface area contributed by atoms with Crippen LogP contribution in [0.2, 0.25) is 0 Å². The Bertz CT molecular complexity index is 872. The lowest BCUT2D eigenvalue weighted by atomic mass is 10.1. The zero-order valence-electron chi connectivity index (χ0n) is 16.0. The first-order valence-corrected chi connectivity index (χ1v) is 8.69. The first kappa shape index (κ1) is 22.1. The maximum Gasteiger partial charge on any atom is 0.422 e. The molecule has 2 amide bonds. The molecular formula is C18H20F3N5O3. The third-order valence-corrected chi connectivity index (χ3v) is 3.65. The van der Waals surface area contributed by atoms with Gasteiger partial charge >= 0.3 is 6.18 Å². The maximum atomic E-state index is 12.5.